The van der Waals surface area contributed by atoms with Gasteiger partial charge in [-0.15, -0.1) is 0 Å². The molecule has 0 amide bonds. The predicted octanol–water partition coefficient (Wildman–Crippen LogP) is 3.98. The molecule has 1 aromatic heterocycles. The Morgan fingerprint density at radius 3 is 2.52 bits per heavy atom. The quantitative estimate of drug-likeness (QED) is 0.683. The third-order valence-corrected chi connectivity index (χ3v) is 4.13. The number of benzene rings is 2. The van der Waals surface area contributed by atoms with Crippen LogP contribution in [-0.2, 0) is 17.6 Å². The van der Waals surface area contributed by atoms with Gasteiger partial charge in [-0.05, 0) is 56.5 Å². The molecule has 0 radical (unpaired) electrons. The number of imidazole rings is 1. The number of nitrogens with zero attached hydrogens (tertiary/aromatic N) is 1. The van der Waals surface area contributed by atoms with Crippen molar-refractivity contribution in [3.63, 3.8) is 0 Å². The Hall–Kier alpha value is -2.82. The third-order valence-electron chi connectivity index (χ3n) is 4.13. The minimum atomic E-state index is -1.23. The van der Waals surface area contributed by atoms with E-state index in [2.05, 4.69) is 9.97 Å². The molecule has 0 spiro atoms. The first kappa shape index (κ1) is 17.0. The van der Waals surface area contributed by atoms with Crippen LogP contribution >= 0.6 is 0 Å². The number of H-pyrrole nitrogens is 1. The van der Waals surface area contributed by atoms with Crippen molar-refractivity contribution in [2.24, 2.45) is 0 Å². The molecule has 5 nitrogen and oxygen atoms in total. The minimum absolute atomic E-state index is 0.563. The lowest BCUT2D eigenvalue weighted by atomic mass is 10.1. The summed E-state index contributed by atoms with van der Waals surface area (Å²) < 4.78 is 5.51. The Bertz CT molecular complexity index is 833. The van der Waals surface area contributed by atoms with E-state index in [1.165, 1.54) is 19.4 Å². The SMILES string of the molecule is CC(C)(Oc1ccc(CCCc2nc3ccccc3[nH]2)cc1)C(=O)O. The first-order valence-electron chi connectivity index (χ1n) is 8.39. The molecular formula is C20H22N2O3. The summed E-state index contributed by atoms with van der Waals surface area (Å²) in [5, 5.41) is 9.10. The lowest BCUT2D eigenvalue weighted by molar-refractivity contribution is -0.152. The fraction of sp³-hybridized carbons (Fsp3) is 0.300. The van der Waals surface area contributed by atoms with Crippen LogP contribution in [-0.4, -0.2) is 26.6 Å². The Kier molecular flexibility index (Phi) is 4.74. The van der Waals surface area contributed by atoms with Crippen molar-refractivity contribution in [3.8, 4) is 5.75 Å². The molecule has 0 fully saturated rings. The number of para-hydroxylation sites is 2. The van der Waals surface area contributed by atoms with Gasteiger partial charge in [0.2, 0.25) is 0 Å². The van der Waals surface area contributed by atoms with E-state index >= 15 is 0 Å². The average molecular weight is 338 g/mol. The highest BCUT2D eigenvalue weighted by molar-refractivity contribution is 5.76. The normalized spacial score (nSPS) is 11.6. The number of hydrogen-bond donors (Lipinski definition) is 2. The molecule has 25 heavy (non-hydrogen) atoms. The number of aryl methyl sites for hydroxylation is 2. The Morgan fingerprint density at radius 2 is 1.84 bits per heavy atom. The molecule has 2 aromatic carbocycles. The average Bonchev–Trinajstić information content (AvgIpc) is 2.99. The maximum absolute atomic E-state index is 11.1. The fourth-order valence-corrected chi connectivity index (χ4v) is 2.65. The summed E-state index contributed by atoms with van der Waals surface area (Å²) in [6.07, 6.45) is 2.80. The summed E-state index contributed by atoms with van der Waals surface area (Å²) in [4.78, 5) is 19.0. The van der Waals surface area contributed by atoms with Gasteiger partial charge in [-0.1, -0.05) is 24.3 Å². The molecule has 0 aliphatic rings. The van der Waals surface area contributed by atoms with Gasteiger partial charge >= 0.3 is 5.97 Å². The van der Waals surface area contributed by atoms with Gasteiger partial charge < -0.3 is 14.8 Å². The van der Waals surface area contributed by atoms with Crippen LogP contribution in [0.1, 0.15) is 31.7 Å². The van der Waals surface area contributed by atoms with Crippen LogP contribution < -0.4 is 4.74 Å². The number of carboxylic acid groups (broad SMARTS) is 1. The molecule has 130 valence electrons. The van der Waals surface area contributed by atoms with E-state index in [4.69, 9.17) is 9.84 Å². The molecule has 0 aliphatic carbocycles. The smallest absolute Gasteiger partial charge is 0.347 e. The molecule has 0 unspecified atom stereocenters. The van der Waals surface area contributed by atoms with Crippen LogP contribution in [0.15, 0.2) is 48.5 Å². The predicted molar refractivity (Wildman–Crippen MR) is 96.9 cm³/mol. The van der Waals surface area contributed by atoms with Crippen LogP contribution in [0.5, 0.6) is 5.75 Å². The van der Waals surface area contributed by atoms with Crippen molar-refractivity contribution in [1.29, 1.82) is 0 Å². The van der Waals surface area contributed by atoms with E-state index in [1.807, 2.05) is 48.5 Å². The van der Waals surface area contributed by atoms with E-state index in [-0.39, 0.29) is 0 Å². The van der Waals surface area contributed by atoms with Crippen LogP contribution in [0.25, 0.3) is 11.0 Å². The number of carbonyl (C=O) groups is 1. The van der Waals surface area contributed by atoms with Gasteiger partial charge in [0.25, 0.3) is 0 Å². The number of ether oxygens (including phenoxy) is 1. The number of aliphatic carboxylic acids is 1. The lowest BCUT2D eigenvalue weighted by Gasteiger charge is -2.21. The number of hydrogen-bond acceptors (Lipinski definition) is 3. The maximum Gasteiger partial charge on any atom is 0.347 e. The van der Waals surface area contributed by atoms with Crippen LogP contribution in [0, 0.1) is 0 Å². The van der Waals surface area contributed by atoms with Crippen molar-refractivity contribution >= 4 is 17.0 Å². The van der Waals surface area contributed by atoms with Crippen molar-refractivity contribution in [2.75, 3.05) is 0 Å². The third kappa shape index (κ3) is 4.18. The van der Waals surface area contributed by atoms with Gasteiger partial charge in [0, 0.05) is 6.42 Å². The largest absolute Gasteiger partial charge is 0.478 e. The molecule has 0 bridgehead atoms. The van der Waals surface area contributed by atoms with Crippen molar-refractivity contribution in [3.05, 3.63) is 59.9 Å². The standard InChI is InChI=1S/C20H22N2O3/c1-20(2,19(23)24)25-15-12-10-14(11-13-15)6-5-9-18-21-16-7-3-4-8-17(16)22-18/h3-4,7-8,10-13H,5-6,9H2,1-2H3,(H,21,22)(H,23,24). The molecule has 2 N–H and O–H groups in total. The lowest BCUT2D eigenvalue weighted by Crippen LogP contribution is -2.37. The number of nitrogens with one attached hydrogen (secondary N) is 1. The van der Waals surface area contributed by atoms with E-state index in [9.17, 15) is 4.79 Å². The van der Waals surface area contributed by atoms with E-state index < -0.39 is 11.6 Å². The summed E-state index contributed by atoms with van der Waals surface area (Å²) in [5.74, 6) is 0.584. The highest BCUT2D eigenvalue weighted by Gasteiger charge is 2.29. The van der Waals surface area contributed by atoms with Gasteiger partial charge in [-0.25, -0.2) is 9.78 Å². The summed E-state index contributed by atoms with van der Waals surface area (Å²) >= 11 is 0. The number of fused-ring (bicyclic) bond motifs is 1. The zero-order valence-electron chi connectivity index (χ0n) is 14.5. The van der Waals surface area contributed by atoms with Gasteiger partial charge in [0.05, 0.1) is 11.0 Å². The number of carboxylic acids is 1. The molecule has 0 atom stereocenters. The van der Waals surface area contributed by atoms with E-state index in [1.54, 1.807) is 0 Å². The van der Waals surface area contributed by atoms with Gasteiger partial charge in [-0.2, -0.15) is 0 Å². The van der Waals surface area contributed by atoms with Crippen molar-refractivity contribution in [2.45, 2.75) is 38.7 Å². The molecule has 0 saturated carbocycles. The Labute approximate surface area is 146 Å². The zero-order chi connectivity index (χ0) is 17.9. The number of rotatable bonds is 7. The molecular weight excluding hydrogens is 316 g/mol. The molecule has 0 aliphatic heterocycles. The minimum Gasteiger partial charge on any atom is -0.478 e. The highest BCUT2D eigenvalue weighted by atomic mass is 16.5. The second-order valence-corrected chi connectivity index (χ2v) is 6.62. The molecule has 3 aromatic rings. The Balaban J connectivity index is 1.54. The zero-order valence-corrected chi connectivity index (χ0v) is 14.5. The summed E-state index contributed by atoms with van der Waals surface area (Å²) in [5.41, 5.74) is 2.03. The number of aromatic amines is 1. The fourth-order valence-electron chi connectivity index (χ4n) is 2.65. The second kappa shape index (κ2) is 6.97. The number of aromatic nitrogens is 2. The first-order valence-corrected chi connectivity index (χ1v) is 8.39. The molecule has 5 heteroatoms. The molecule has 1 heterocycles. The van der Waals surface area contributed by atoms with Crippen molar-refractivity contribution < 1.29 is 14.6 Å². The van der Waals surface area contributed by atoms with Crippen LogP contribution in [0.2, 0.25) is 0 Å². The summed E-state index contributed by atoms with van der Waals surface area (Å²) in [6, 6.07) is 15.6. The van der Waals surface area contributed by atoms with Crippen molar-refractivity contribution in [1.82, 2.24) is 9.97 Å². The first-order chi connectivity index (χ1) is 11.9. The van der Waals surface area contributed by atoms with E-state index in [0.717, 1.165) is 36.1 Å². The second-order valence-electron chi connectivity index (χ2n) is 6.62. The summed E-state index contributed by atoms with van der Waals surface area (Å²) in [7, 11) is 0. The van der Waals surface area contributed by atoms with Crippen LogP contribution in [0.3, 0.4) is 0 Å². The van der Waals surface area contributed by atoms with E-state index in [0.29, 0.717) is 5.75 Å². The molecule has 0 saturated heterocycles. The molecule has 3 rings (SSSR count). The highest BCUT2D eigenvalue weighted by Crippen LogP contribution is 2.20. The Morgan fingerprint density at radius 1 is 1.12 bits per heavy atom. The topological polar surface area (TPSA) is 75.2 Å². The monoisotopic (exact) mass is 338 g/mol. The van der Waals surface area contributed by atoms with Crippen LogP contribution in [0.4, 0.5) is 0 Å². The summed E-state index contributed by atoms with van der Waals surface area (Å²) in [6.45, 7) is 3.08. The maximum atomic E-state index is 11.1. The van der Waals surface area contributed by atoms with Gasteiger partial charge in [0.15, 0.2) is 5.60 Å². The van der Waals surface area contributed by atoms with Gasteiger partial charge in [0.1, 0.15) is 11.6 Å². The van der Waals surface area contributed by atoms with Gasteiger partial charge in [-0.3, -0.25) is 0 Å².